The standard InChI is InChI=1S/C28H24O6/c29-26(33-24-6-4-18-31-24)20-8-12-22(13-9-20)28(16-2-1-3-17-28)23-14-10-21(11-15-23)27(30)34-25-7-5-19-32-25/h4-15,18-19H,1-3,16-17H2. The van der Waals surface area contributed by atoms with Gasteiger partial charge in [0, 0.05) is 17.5 Å². The smallest absolute Gasteiger partial charge is 0.345 e. The number of furan rings is 2. The Morgan fingerprint density at radius 3 is 1.44 bits per heavy atom. The lowest BCUT2D eigenvalue weighted by atomic mass is 9.65. The molecule has 0 saturated heterocycles. The maximum Gasteiger partial charge on any atom is 0.345 e. The summed E-state index contributed by atoms with van der Waals surface area (Å²) in [7, 11) is 0. The second kappa shape index (κ2) is 9.43. The molecular formula is C28H24O6. The highest BCUT2D eigenvalue weighted by Crippen LogP contribution is 2.45. The quantitative estimate of drug-likeness (QED) is 0.306. The second-order valence-corrected chi connectivity index (χ2v) is 8.44. The van der Waals surface area contributed by atoms with Crippen molar-refractivity contribution in [2.24, 2.45) is 0 Å². The molecule has 172 valence electrons. The van der Waals surface area contributed by atoms with Gasteiger partial charge in [-0.3, -0.25) is 0 Å². The maximum absolute atomic E-state index is 12.4. The van der Waals surface area contributed by atoms with Crippen LogP contribution >= 0.6 is 0 Å². The van der Waals surface area contributed by atoms with E-state index in [0.717, 1.165) is 36.8 Å². The van der Waals surface area contributed by atoms with Gasteiger partial charge < -0.3 is 18.3 Å². The molecule has 0 spiro atoms. The van der Waals surface area contributed by atoms with Crippen molar-refractivity contribution >= 4 is 11.9 Å². The Hall–Kier alpha value is -4.06. The van der Waals surface area contributed by atoms with Gasteiger partial charge in [0.1, 0.15) is 0 Å². The molecule has 1 fully saturated rings. The summed E-state index contributed by atoms with van der Waals surface area (Å²) in [5, 5.41) is 0. The van der Waals surface area contributed by atoms with Crippen LogP contribution in [-0.2, 0) is 5.41 Å². The number of esters is 2. The first kappa shape index (κ1) is 21.8. The van der Waals surface area contributed by atoms with Crippen LogP contribution in [0.5, 0.6) is 11.9 Å². The average molecular weight is 456 g/mol. The van der Waals surface area contributed by atoms with Gasteiger partial charge in [-0.25, -0.2) is 9.59 Å². The molecule has 2 aromatic heterocycles. The Morgan fingerprint density at radius 1 is 0.618 bits per heavy atom. The van der Waals surface area contributed by atoms with E-state index in [1.165, 1.54) is 18.9 Å². The monoisotopic (exact) mass is 456 g/mol. The zero-order valence-corrected chi connectivity index (χ0v) is 18.6. The van der Waals surface area contributed by atoms with Crippen molar-refractivity contribution in [2.75, 3.05) is 0 Å². The Balaban J connectivity index is 1.38. The van der Waals surface area contributed by atoms with E-state index in [9.17, 15) is 9.59 Å². The van der Waals surface area contributed by atoms with Crippen molar-refractivity contribution in [3.05, 3.63) is 108 Å². The third-order valence-corrected chi connectivity index (χ3v) is 6.43. The van der Waals surface area contributed by atoms with E-state index in [1.54, 1.807) is 48.5 Å². The first-order chi connectivity index (χ1) is 16.6. The lowest BCUT2D eigenvalue weighted by molar-refractivity contribution is 0.0683. The molecule has 1 aliphatic rings. The molecule has 0 unspecified atom stereocenters. The van der Waals surface area contributed by atoms with Gasteiger partial charge in [0.05, 0.1) is 23.7 Å². The Morgan fingerprint density at radius 2 is 1.06 bits per heavy atom. The fourth-order valence-corrected chi connectivity index (χ4v) is 4.69. The van der Waals surface area contributed by atoms with Crippen molar-refractivity contribution in [2.45, 2.75) is 37.5 Å². The highest BCUT2D eigenvalue weighted by Gasteiger charge is 2.36. The van der Waals surface area contributed by atoms with Gasteiger partial charge in [-0.2, -0.15) is 0 Å². The second-order valence-electron chi connectivity index (χ2n) is 8.44. The summed E-state index contributed by atoms with van der Waals surface area (Å²) in [6.07, 6.45) is 8.35. The lowest BCUT2D eigenvalue weighted by Gasteiger charge is -2.38. The summed E-state index contributed by atoms with van der Waals surface area (Å²) in [5.41, 5.74) is 3.04. The van der Waals surface area contributed by atoms with Crippen LogP contribution in [0.4, 0.5) is 0 Å². The number of benzene rings is 2. The first-order valence-electron chi connectivity index (χ1n) is 11.4. The summed E-state index contributed by atoms with van der Waals surface area (Å²) >= 11 is 0. The number of hydrogen-bond donors (Lipinski definition) is 0. The lowest BCUT2D eigenvalue weighted by Crippen LogP contribution is -2.30. The molecule has 0 N–H and O–H groups in total. The van der Waals surface area contributed by atoms with Crippen LogP contribution in [0.2, 0.25) is 0 Å². The van der Waals surface area contributed by atoms with E-state index in [-0.39, 0.29) is 17.3 Å². The largest absolute Gasteiger partial charge is 0.434 e. The minimum Gasteiger partial charge on any atom is -0.434 e. The van der Waals surface area contributed by atoms with Gasteiger partial charge in [-0.05, 0) is 60.4 Å². The fraction of sp³-hybridized carbons (Fsp3) is 0.214. The summed E-state index contributed by atoms with van der Waals surface area (Å²) < 4.78 is 20.7. The average Bonchev–Trinajstić information content (AvgIpc) is 3.59. The Bertz CT molecular complexity index is 1140. The molecule has 34 heavy (non-hydrogen) atoms. The van der Waals surface area contributed by atoms with E-state index in [1.807, 2.05) is 24.3 Å². The highest BCUT2D eigenvalue weighted by molar-refractivity contribution is 5.91. The summed E-state index contributed by atoms with van der Waals surface area (Å²) in [4.78, 5) is 24.9. The molecule has 0 bridgehead atoms. The molecule has 2 heterocycles. The van der Waals surface area contributed by atoms with Crippen molar-refractivity contribution < 1.29 is 27.9 Å². The molecule has 6 nitrogen and oxygen atoms in total. The SMILES string of the molecule is O=C(Oc1ccco1)c1ccc(C2(c3ccc(C(=O)Oc4ccco4)cc3)CCCCC2)cc1. The zero-order valence-electron chi connectivity index (χ0n) is 18.6. The van der Waals surface area contributed by atoms with Gasteiger partial charge >= 0.3 is 11.9 Å². The highest BCUT2D eigenvalue weighted by atomic mass is 16.6. The van der Waals surface area contributed by atoms with Crippen molar-refractivity contribution in [1.29, 1.82) is 0 Å². The minimum absolute atomic E-state index is 0.170. The fourth-order valence-electron chi connectivity index (χ4n) is 4.69. The van der Waals surface area contributed by atoms with Gasteiger partial charge in [-0.1, -0.05) is 43.5 Å². The number of ether oxygens (including phenoxy) is 2. The third kappa shape index (κ3) is 4.39. The first-order valence-corrected chi connectivity index (χ1v) is 11.4. The van der Waals surface area contributed by atoms with Gasteiger partial charge in [-0.15, -0.1) is 0 Å². The third-order valence-electron chi connectivity index (χ3n) is 6.43. The predicted octanol–water partition coefficient (Wildman–Crippen LogP) is 6.56. The molecule has 6 heteroatoms. The van der Waals surface area contributed by atoms with E-state index in [4.69, 9.17) is 18.3 Å². The number of carbonyl (C=O) groups is 2. The molecule has 0 radical (unpaired) electrons. The molecule has 1 aliphatic carbocycles. The maximum atomic E-state index is 12.4. The predicted molar refractivity (Wildman–Crippen MR) is 124 cm³/mol. The van der Waals surface area contributed by atoms with Crippen molar-refractivity contribution in [3.63, 3.8) is 0 Å². The van der Waals surface area contributed by atoms with Gasteiger partial charge in [0.25, 0.3) is 11.9 Å². The van der Waals surface area contributed by atoms with Crippen LogP contribution in [0.25, 0.3) is 0 Å². The number of hydrogen-bond acceptors (Lipinski definition) is 6. The molecule has 5 rings (SSSR count). The van der Waals surface area contributed by atoms with Crippen LogP contribution in [0, 0.1) is 0 Å². The number of carbonyl (C=O) groups excluding carboxylic acids is 2. The Kier molecular flexibility index (Phi) is 6.04. The summed E-state index contributed by atoms with van der Waals surface area (Å²) in [5.74, 6) is -0.579. The summed E-state index contributed by atoms with van der Waals surface area (Å²) in [6, 6.07) is 21.7. The number of rotatable bonds is 6. The van der Waals surface area contributed by atoms with Crippen LogP contribution in [0.1, 0.15) is 63.9 Å². The van der Waals surface area contributed by atoms with Crippen LogP contribution < -0.4 is 9.47 Å². The van der Waals surface area contributed by atoms with Crippen LogP contribution in [-0.4, -0.2) is 11.9 Å². The van der Waals surface area contributed by atoms with E-state index >= 15 is 0 Å². The normalized spacial score (nSPS) is 14.9. The van der Waals surface area contributed by atoms with Gasteiger partial charge in [0.15, 0.2) is 0 Å². The Labute approximate surface area is 197 Å². The van der Waals surface area contributed by atoms with Crippen molar-refractivity contribution in [3.8, 4) is 11.9 Å². The minimum atomic E-state index is -0.460. The topological polar surface area (TPSA) is 78.9 Å². The van der Waals surface area contributed by atoms with E-state index in [0.29, 0.717) is 11.1 Å². The van der Waals surface area contributed by atoms with Gasteiger partial charge in [0.2, 0.25) is 0 Å². The van der Waals surface area contributed by atoms with E-state index < -0.39 is 11.9 Å². The molecule has 0 atom stereocenters. The van der Waals surface area contributed by atoms with Crippen LogP contribution in [0.3, 0.4) is 0 Å². The van der Waals surface area contributed by atoms with E-state index in [2.05, 4.69) is 0 Å². The molecule has 0 amide bonds. The molecule has 2 aromatic carbocycles. The summed E-state index contributed by atoms with van der Waals surface area (Å²) in [6.45, 7) is 0. The molecule has 0 aliphatic heterocycles. The van der Waals surface area contributed by atoms with Crippen LogP contribution in [0.15, 0.2) is 94.2 Å². The van der Waals surface area contributed by atoms with Crippen molar-refractivity contribution in [1.82, 2.24) is 0 Å². The molecule has 1 saturated carbocycles. The molecule has 4 aromatic rings. The zero-order chi connectivity index (χ0) is 23.4. The molecular weight excluding hydrogens is 432 g/mol.